The molecule has 7 nitrogen and oxygen atoms in total. The van der Waals surface area contributed by atoms with E-state index in [9.17, 15) is 9.59 Å². The summed E-state index contributed by atoms with van der Waals surface area (Å²) < 4.78 is 5.44. The van der Waals surface area contributed by atoms with Crippen LogP contribution < -0.4 is 21.1 Å². The first-order valence-electron chi connectivity index (χ1n) is 8.04. The molecule has 1 unspecified atom stereocenters. The van der Waals surface area contributed by atoms with Crippen LogP contribution in [0.4, 0.5) is 4.79 Å². The number of aromatic nitrogens is 1. The number of amides is 3. The highest BCUT2D eigenvalue weighted by Crippen LogP contribution is 2.14. The Bertz CT molecular complexity index is 706. The minimum atomic E-state index is -0.757. The Labute approximate surface area is 146 Å². The summed E-state index contributed by atoms with van der Waals surface area (Å²) in [4.78, 5) is 27.8. The Morgan fingerprint density at radius 3 is 2.64 bits per heavy atom. The van der Waals surface area contributed by atoms with E-state index in [-0.39, 0.29) is 12.5 Å². The molecule has 0 aliphatic rings. The summed E-state index contributed by atoms with van der Waals surface area (Å²) in [5.74, 6) is 0.154. The number of nitrogens with two attached hydrogens (primary N) is 1. The molecular weight excluding hydrogens is 320 g/mol. The number of hydrogen-bond donors (Lipinski definition) is 3. The maximum atomic E-state index is 12.5. The predicted molar refractivity (Wildman–Crippen MR) is 93.9 cm³/mol. The lowest BCUT2D eigenvalue weighted by molar-refractivity contribution is -0.123. The van der Waals surface area contributed by atoms with Crippen LogP contribution in [0.5, 0.6) is 5.88 Å². The van der Waals surface area contributed by atoms with Gasteiger partial charge in [0.25, 0.3) is 0 Å². The van der Waals surface area contributed by atoms with Crippen molar-refractivity contribution in [2.24, 2.45) is 5.73 Å². The number of nitrogens with zero attached hydrogens (tertiary/aromatic N) is 1. The van der Waals surface area contributed by atoms with Gasteiger partial charge in [-0.15, -0.1) is 0 Å². The van der Waals surface area contributed by atoms with E-state index in [1.165, 1.54) is 0 Å². The number of pyridine rings is 1. The van der Waals surface area contributed by atoms with Gasteiger partial charge in [0.05, 0.1) is 6.61 Å². The summed E-state index contributed by atoms with van der Waals surface area (Å²) >= 11 is 0. The third kappa shape index (κ3) is 5.80. The van der Waals surface area contributed by atoms with Gasteiger partial charge in [-0.05, 0) is 18.6 Å². The first kappa shape index (κ1) is 18.3. The molecule has 0 aliphatic carbocycles. The van der Waals surface area contributed by atoms with Crippen LogP contribution in [-0.2, 0) is 17.8 Å². The molecule has 0 saturated carbocycles. The predicted octanol–water partition coefficient (Wildman–Crippen LogP) is 1.38. The van der Waals surface area contributed by atoms with Gasteiger partial charge in [-0.3, -0.25) is 4.79 Å². The third-order valence-electron chi connectivity index (χ3n) is 3.50. The first-order valence-corrected chi connectivity index (χ1v) is 8.04. The molecule has 1 aromatic heterocycles. The fraction of sp³-hybridized carbons (Fsp3) is 0.278. The van der Waals surface area contributed by atoms with Crippen LogP contribution in [0.15, 0.2) is 48.7 Å². The fourth-order valence-corrected chi connectivity index (χ4v) is 2.36. The molecule has 1 heterocycles. The van der Waals surface area contributed by atoms with Crippen LogP contribution in [0.1, 0.15) is 18.1 Å². The average Bonchev–Trinajstić information content (AvgIpc) is 2.61. The van der Waals surface area contributed by atoms with Gasteiger partial charge in [-0.1, -0.05) is 36.4 Å². The molecule has 4 N–H and O–H groups in total. The SMILES string of the molecule is CCOc1ncccc1CNC(=O)C(Cc1ccccc1)NC(N)=O. The van der Waals surface area contributed by atoms with Crippen LogP contribution in [0.25, 0.3) is 0 Å². The van der Waals surface area contributed by atoms with Gasteiger partial charge in [0.15, 0.2) is 0 Å². The minimum absolute atomic E-state index is 0.244. The van der Waals surface area contributed by atoms with E-state index >= 15 is 0 Å². The monoisotopic (exact) mass is 342 g/mol. The maximum absolute atomic E-state index is 12.5. The van der Waals surface area contributed by atoms with Crippen molar-refractivity contribution in [3.8, 4) is 5.88 Å². The van der Waals surface area contributed by atoms with Crippen molar-refractivity contribution >= 4 is 11.9 Å². The summed E-state index contributed by atoms with van der Waals surface area (Å²) in [7, 11) is 0. The van der Waals surface area contributed by atoms with Gasteiger partial charge >= 0.3 is 6.03 Å². The molecule has 3 amide bonds. The van der Waals surface area contributed by atoms with E-state index in [2.05, 4.69) is 15.6 Å². The molecule has 0 saturated heterocycles. The van der Waals surface area contributed by atoms with Gasteiger partial charge in [0, 0.05) is 24.7 Å². The Kier molecular flexibility index (Phi) is 6.76. The number of hydrogen-bond acceptors (Lipinski definition) is 4. The Morgan fingerprint density at radius 2 is 1.96 bits per heavy atom. The van der Waals surface area contributed by atoms with Crippen molar-refractivity contribution in [2.45, 2.75) is 25.9 Å². The lowest BCUT2D eigenvalue weighted by Crippen LogP contribution is -2.49. The minimum Gasteiger partial charge on any atom is -0.478 e. The van der Waals surface area contributed by atoms with Gasteiger partial charge in [0.1, 0.15) is 6.04 Å². The van der Waals surface area contributed by atoms with Crippen molar-refractivity contribution in [2.75, 3.05) is 6.61 Å². The topological polar surface area (TPSA) is 106 Å². The highest BCUT2D eigenvalue weighted by molar-refractivity contribution is 5.86. The molecule has 2 rings (SSSR count). The number of rotatable bonds is 8. The summed E-state index contributed by atoms with van der Waals surface area (Å²) in [5, 5.41) is 5.28. The zero-order valence-corrected chi connectivity index (χ0v) is 14.1. The van der Waals surface area contributed by atoms with Crippen LogP contribution >= 0.6 is 0 Å². The second kappa shape index (κ2) is 9.27. The van der Waals surface area contributed by atoms with E-state index in [0.717, 1.165) is 11.1 Å². The van der Waals surface area contributed by atoms with Gasteiger partial charge in [-0.2, -0.15) is 0 Å². The number of benzene rings is 1. The Balaban J connectivity index is 2.03. The average molecular weight is 342 g/mol. The van der Waals surface area contributed by atoms with Crippen LogP contribution in [0.3, 0.4) is 0 Å². The molecule has 7 heteroatoms. The van der Waals surface area contributed by atoms with E-state index in [0.29, 0.717) is 18.9 Å². The highest BCUT2D eigenvalue weighted by atomic mass is 16.5. The van der Waals surface area contributed by atoms with Crippen molar-refractivity contribution in [1.29, 1.82) is 0 Å². The molecule has 132 valence electrons. The fourth-order valence-electron chi connectivity index (χ4n) is 2.36. The highest BCUT2D eigenvalue weighted by Gasteiger charge is 2.20. The molecular formula is C18H22N4O3. The van der Waals surface area contributed by atoms with E-state index in [4.69, 9.17) is 10.5 Å². The number of urea groups is 1. The normalized spacial score (nSPS) is 11.4. The first-order chi connectivity index (χ1) is 12.1. The van der Waals surface area contributed by atoms with Gasteiger partial charge in [0.2, 0.25) is 11.8 Å². The van der Waals surface area contributed by atoms with E-state index < -0.39 is 12.1 Å². The van der Waals surface area contributed by atoms with Crippen LogP contribution in [0, 0.1) is 0 Å². The molecule has 0 radical (unpaired) electrons. The Morgan fingerprint density at radius 1 is 1.20 bits per heavy atom. The quantitative estimate of drug-likeness (QED) is 0.673. The van der Waals surface area contributed by atoms with Crippen molar-refractivity contribution in [1.82, 2.24) is 15.6 Å². The maximum Gasteiger partial charge on any atom is 0.312 e. The summed E-state index contributed by atoms with van der Waals surface area (Å²) in [6, 6.07) is 11.5. The number of primary amides is 1. The van der Waals surface area contributed by atoms with Crippen LogP contribution in [-0.4, -0.2) is 29.6 Å². The van der Waals surface area contributed by atoms with Gasteiger partial charge < -0.3 is 21.1 Å². The molecule has 2 aromatic rings. The van der Waals surface area contributed by atoms with E-state index in [1.54, 1.807) is 12.3 Å². The molecule has 0 bridgehead atoms. The molecule has 1 aromatic carbocycles. The largest absolute Gasteiger partial charge is 0.478 e. The van der Waals surface area contributed by atoms with Crippen molar-refractivity contribution in [3.05, 3.63) is 59.8 Å². The molecule has 25 heavy (non-hydrogen) atoms. The lowest BCUT2D eigenvalue weighted by Gasteiger charge is -2.18. The zero-order chi connectivity index (χ0) is 18.1. The van der Waals surface area contributed by atoms with Crippen molar-refractivity contribution in [3.63, 3.8) is 0 Å². The zero-order valence-electron chi connectivity index (χ0n) is 14.1. The molecule has 0 spiro atoms. The van der Waals surface area contributed by atoms with Crippen molar-refractivity contribution < 1.29 is 14.3 Å². The second-order valence-electron chi connectivity index (χ2n) is 5.37. The summed E-state index contributed by atoms with van der Waals surface area (Å²) in [6.45, 7) is 2.59. The molecule has 0 aliphatic heterocycles. The van der Waals surface area contributed by atoms with Gasteiger partial charge in [-0.25, -0.2) is 9.78 Å². The smallest absolute Gasteiger partial charge is 0.312 e. The second-order valence-corrected chi connectivity index (χ2v) is 5.37. The lowest BCUT2D eigenvalue weighted by atomic mass is 10.1. The van der Waals surface area contributed by atoms with E-state index in [1.807, 2.05) is 43.3 Å². The number of nitrogens with one attached hydrogen (secondary N) is 2. The number of carbonyl (C=O) groups is 2. The molecule has 1 atom stereocenters. The summed E-state index contributed by atoms with van der Waals surface area (Å²) in [6.07, 6.45) is 1.98. The summed E-state index contributed by atoms with van der Waals surface area (Å²) in [5.41, 5.74) is 6.88. The number of carbonyl (C=O) groups excluding carboxylic acids is 2. The van der Waals surface area contributed by atoms with Crippen LogP contribution in [0.2, 0.25) is 0 Å². The third-order valence-corrected chi connectivity index (χ3v) is 3.50. The standard InChI is InChI=1S/C18H22N4O3/c1-2-25-17-14(9-6-10-20-17)12-21-16(23)15(22-18(19)24)11-13-7-4-3-5-8-13/h3-10,15H,2,11-12H2,1H3,(H,21,23)(H3,19,22,24). The molecule has 0 fully saturated rings. The Hall–Kier alpha value is -3.09. The number of ether oxygens (including phenoxy) is 1.